The molecule has 2 rings (SSSR count). The second kappa shape index (κ2) is 3.26. The molecular formula is C12H18N2. The van der Waals surface area contributed by atoms with Crippen molar-refractivity contribution >= 4 is 5.82 Å². The molecule has 2 nitrogen and oxygen atoms in total. The molecule has 0 atom stereocenters. The summed E-state index contributed by atoms with van der Waals surface area (Å²) in [5, 5.41) is 3.48. The summed E-state index contributed by atoms with van der Waals surface area (Å²) in [6.07, 6.45) is 4.44. The van der Waals surface area contributed by atoms with Crippen LogP contribution < -0.4 is 5.32 Å². The van der Waals surface area contributed by atoms with Gasteiger partial charge in [-0.2, -0.15) is 0 Å². The number of nitrogens with one attached hydrogen (secondary N) is 1. The van der Waals surface area contributed by atoms with Crippen LogP contribution in [0.5, 0.6) is 0 Å². The Bertz CT molecular complexity index is 321. The van der Waals surface area contributed by atoms with E-state index in [1.807, 2.05) is 12.3 Å². The van der Waals surface area contributed by atoms with Gasteiger partial charge in [0.25, 0.3) is 0 Å². The van der Waals surface area contributed by atoms with Crippen molar-refractivity contribution in [3.05, 3.63) is 23.9 Å². The average molecular weight is 190 g/mol. The van der Waals surface area contributed by atoms with Crippen LogP contribution in [0.15, 0.2) is 18.3 Å². The third-order valence-electron chi connectivity index (χ3n) is 2.53. The summed E-state index contributed by atoms with van der Waals surface area (Å²) in [7, 11) is 0. The molecule has 0 bridgehead atoms. The topological polar surface area (TPSA) is 24.9 Å². The Morgan fingerprint density at radius 3 is 2.64 bits per heavy atom. The summed E-state index contributed by atoms with van der Waals surface area (Å²) in [4.78, 5) is 4.41. The summed E-state index contributed by atoms with van der Waals surface area (Å²) in [6.45, 7) is 6.67. The molecule has 1 saturated carbocycles. The molecule has 76 valence electrons. The fraction of sp³-hybridized carbons (Fsp3) is 0.583. The molecule has 0 aromatic carbocycles. The van der Waals surface area contributed by atoms with Gasteiger partial charge in [-0.15, -0.1) is 0 Å². The summed E-state index contributed by atoms with van der Waals surface area (Å²) in [5.41, 5.74) is 1.48. The molecule has 1 aliphatic carbocycles. The first-order chi connectivity index (χ1) is 6.57. The van der Waals surface area contributed by atoms with E-state index in [1.165, 1.54) is 18.4 Å². The van der Waals surface area contributed by atoms with E-state index in [4.69, 9.17) is 0 Å². The molecule has 14 heavy (non-hydrogen) atoms. The third kappa shape index (κ3) is 2.06. The number of anilines is 1. The lowest BCUT2D eigenvalue weighted by Crippen LogP contribution is -2.16. The fourth-order valence-electron chi connectivity index (χ4n) is 1.55. The van der Waals surface area contributed by atoms with Gasteiger partial charge in [-0.05, 0) is 29.9 Å². The van der Waals surface area contributed by atoms with E-state index >= 15 is 0 Å². The minimum absolute atomic E-state index is 0.172. The second-order valence-electron chi connectivity index (χ2n) is 5.07. The number of aromatic nitrogens is 1. The van der Waals surface area contributed by atoms with Crippen molar-refractivity contribution in [1.82, 2.24) is 4.98 Å². The van der Waals surface area contributed by atoms with E-state index in [2.05, 4.69) is 37.1 Å². The van der Waals surface area contributed by atoms with Crippen molar-refractivity contribution in [2.75, 3.05) is 5.32 Å². The van der Waals surface area contributed by atoms with Gasteiger partial charge in [-0.25, -0.2) is 4.98 Å². The highest BCUT2D eigenvalue weighted by molar-refractivity contribution is 5.48. The number of hydrogen-bond acceptors (Lipinski definition) is 2. The number of pyridine rings is 1. The van der Waals surface area contributed by atoms with Gasteiger partial charge >= 0.3 is 0 Å². The molecule has 1 aliphatic rings. The van der Waals surface area contributed by atoms with Crippen LogP contribution in [0.1, 0.15) is 39.2 Å². The SMILES string of the molecule is CC(C)(C)c1cccnc1NC1CC1. The normalized spacial score (nSPS) is 16.8. The Morgan fingerprint density at radius 2 is 2.07 bits per heavy atom. The van der Waals surface area contributed by atoms with E-state index in [9.17, 15) is 0 Å². The van der Waals surface area contributed by atoms with Crippen LogP contribution in [0.3, 0.4) is 0 Å². The monoisotopic (exact) mass is 190 g/mol. The predicted octanol–water partition coefficient (Wildman–Crippen LogP) is 2.95. The van der Waals surface area contributed by atoms with Crippen LogP contribution in [0.25, 0.3) is 0 Å². The molecule has 0 saturated heterocycles. The van der Waals surface area contributed by atoms with Gasteiger partial charge in [0.2, 0.25) is 0 Å². The highest BCUT2D eigenvalue weighted by Crippen LogP contribution is 2.31. The van der Waals surface area contributed by atoms with E-state index in [-0.39, 0.29) is 5.41 Å². The molecule has 1 fully saturated rings. The molecular weight excluding hydrogens is 172 g/mol. The van der Waals surface area contributed by atoms with Gasteiger partial charge in [-0.3, -0.25) is 0 Å². The van der Waals surface area contributed by atoms with E-state index in [1.54, 1.807) is 0 Å². The lowest BCUT2D eigenvalue weighted by Gasteiger charge is -2.22. The van der Waals surface area contributed by atoms with E-state index in [0.29, 0.717) is 6.04 Å². The molecule has 0 radical (unpaired) electrons. The lowest BCUT2D eigenvalue weighted by atomic mass is 9.87. The van der Waals surface area contributed by atoms with Crippen LogP contribution >= 0.6 is 0 Å². The standard InChI is InChI=1S/C12H18N2/c1-12(2,3)10-5-4-8-13-11(10)14-9-6-7-9/h4-5,8-9H,6-7H2,1-3H3,(H,13,14). The molecule has 0 aliphatic heterocycles. The third-order valence-corrected chi connectivity index (χ3v) is 2.53. The second-order valence-corrected chi connectivity index (χ2v) is 5.07. The largest absolute Gasteiger partial charge is 0.367 e. The van der Waals surface area contributed by atoms with Gasteiger partial charge in [-0.1, -0.05) is 26.8 Å². The van der Waals surface area contributed by atoms with Gasteiger partial charge < -0.3 is 5.32 Å². The van der Waals surface area contributed by atoms with E-state index in [0.717, 1.165) is 5.82 Å². The minimum atomic E-state index is 0.172. The highest BCUT2D eigenvalue weighted by Gasteiger charge is 2.25. The van der Waals surface area contributed by atoms with Crippen LogP contribution in [0, 0.1) is 0 Å². The van der Waals surface area contributed by atoms with Crippen molar-refractivity contribution in [2.24, 2.45) is 0 Å². The van der Waals surface area contributed by atoms with Gasteiger partial charge in [0.1, 0.15) is 5.82 Å². The smallest absolute Gasteiger partial charge is 0.129 e. The maximum atomic E-state index is 4.41. The average Bonchev–Trinajstić information content (AvgIpc) is 2.87. The molecule has 1 aromatic rings. The van der Waals surface area contributed by atoms with Crippen molar-refractivity contribution < 1.29 is 0 Å². The molecule has 0 spiro atoms. The van der Waals surface area contributed by atoms with Crippen molar-refractivity contribution in [3.8, 4) is 0 Å². The first-order valence-electron chi connectivity index (χ1n) is 5.29. The summed E-state index contributed by atoms with van der Waals surface area (Å²) in [6, 6.07) is 4.85. The predicted molar refractivity (Wildman–Crippen MR) is 59.6 cm³/mol. The van der Waals surface area contributed by atoms with Crippen molar-refractivity contribution in [2.45, 2.75) is 45.1 Å². The molecule has 0 unspecified atom stereocenters. The quantitative estimate of drug-likeness (QED) is 0.775. The molecule has 0 amide bonds. The van der Waals surface area contributed by atoms with Crippen molar-refractivity contribution in [3.63, 3.8) is 0 Å². The molecule has 1 N–H and O–H groups in total. The summed E-state index contributed by atoms with van der Waals surface area (Å²) in [5.74, 6) is 1.07. The molecule has 1 heterocycles. The zero-order chi connectivity index (χ0) is 10.2. The van der Waals surface area contributed by atoms with E-state index < -0.39 is 0 Å². The Hall–Kier alpha value is -1.05. The zero-order valence-corrected chi connectivity index (χ0v) is 9.17. The summed E-state index contributed by atoms with van der Waals surface area (Å²) < 4.78 is 0. The Balaban J connectivity index is 2.27. The van der Waals surface area contributed by atoms with Gasteiger partial charge in [0.15, 0.2) is 0 Å². The Kier molecular flexibility index (Phi) is 2.22. The minimum Gasteiger partial charge on any atom is -0.367 e. The molecule has 1 aromatic heterocycles. The first-order valence-corrected chi connectivity index (χ1v) is 5.29. The van der Waals surface area contributed by atoms with Crippen LogP contribution in [-0.4, -0.2) is 11.0 Å². The van der Waals surface area contributed by atoms with Crippen LogP contribution in [0.2, 0.25) is 0 Å². The maximum Gasteiger partial charge on any atom is 0.129 e. The van der Waals surface area contributed by atoms with Gasteiger partial charge in [0.05, 0.1) is 0 Å². The number of hydrogen-bond donors (Lipinski definition) is 1. The first kappa shape index (κ1) is 9.50. The fourth-order valence-corrected chi connectivity index (χ4v) is 1.55. The van der Waals surface area contributed by atoms with Crippen LogP contribution in [-0.2, 0) is 5.41 Å². The van der Waals surface area contributed by atoms with Crippen molar-refractivity contribution in [1.29, 1.82) is 0 Å². The number of rotatable bonds is 2. The van der Waals surface area contributed by atoms with Crippen LogP contribution in [0.4, 0.5) is 5.82 Å². The zero-order valence-electron chi connectivity index (χ0n) is 9.17. The Morgan fingerprint density at radius 1 is 1.36 bits per heavy atom. The Labute approximate surface area is 85.7 Å². The van der Waals surface area contributed by atoms with Gasteiger partial charge in [0, 0.05) is 12.2 Å². The number of nitrogens with zero attached hydrogens (tertiary/aromatic N) is 1. The lowest BCUT2D eigenvalue weighted by molar-refractivity contribution is 0.589. The maximum absolute atomic E-state index is 4.41. The highest BCUT2D eigenvalue weighted by atomic mass is 15.0. The summed E-state index contributed by atoms with van der Waals surface area (Å²) >= 11 is 0. The molecule has 2 heteroatoms.